The van der Waals surface area contributed by atoms with Gasteiger partial charge in [-0.3, -0.25) is 4.90 Å². The van der Waals surface area contributed by atoms with Crippen LogP contribution in [0.15, 0.2) is 0 Å². The lowest BCUT2D eigenvalue weighted by Crippen LogP contribution is -2.53. The number of halogens is 2. The molecule has 2 aliphatic rings. The number of nitrogens with zero attached hydrogens (tertiary/aromatic N) is 1. The quantitative estimate of drug-likeness (QED) is 0.660. The monoisotopic (exact) mass is 255 g/mol. The van der Waals surface area contributed by atoms with E-state index in [2.05, 4.69) is 0 Å². The van der Waals surface area contributed by atoms with Crippen molar-refractivity contribution in [1.82, 2.24) is 4.90 Å². The molecule has 2 aliphatic heterocycles. The second kappa shape index (κ2) is 4.73. The molecule has 2 rings (SSSR count). The summed E-state index contributed by atoms with van der Waals surface area (Å²) in [6, 6.07) is 0. The number of likely N-dealkylation sites (N-methyl/N-ethyl adjacent to an activating group) is 1. The number of hydrogen-bond donors (Lipinski definition) is 0. The van der Waals surface area contributed by atoms with Gasteiger partial charge in [0.2, 0.25) is 5.06 Å². The molecule has 0 amide bonds. The largest absolute Gasteiger partial charge is 0.358 e. The van der Waals surface area contributed by atoms with Crippen LogP contribution in [0.2, 0.25) is 0 Å². The minimum atomic E-state index is -1.11. The summed E-state index contributed by atoms with van der Waals surface area (Å²) in [5, 5.41) is -1.11. The van der Waals surface area contributed by atoms with Crippen LogP contribution in [0.3, 0.4) is 0 Å². The van der Waals surface area contributed by atoms with Crippen LogP contribution in [0.1, 0.15) is 6.42 Å². The summed E-state index contributed by atoms with van der Waals surface area (Å²) in [4.78, 5) is 1.98. The van der Waals surface area contributed by atoms with E-state index in [1.165, 1.54) is 0 Å². The molecule has 2 heterocycles. The fraction of sp³-hybridized carbons (Fsp3) is 1.00. The van der Waals surface area contributed by atoms with Gasteiger partial charge in [0.15, 0.2) is 11.8 Å². The molecule has 2 fully saturated rings. The van der Waals surface area contributed by atoms with Gasteiger partial charge in [-0.25, -0.2) is 0 Å². The van der Waals surface area contributed by atoms with Gasteiger partial charge >= 0.3 is 0 Å². The predicted molar refractivity (Wildman–Crippen MR) is 57.1 cm³/mol. The minimum Gasteiger partial charge on any atom is -0.358 e. The third-order valence-electron chi connectivity index (χ3n) is 2.64. The van der Waals surface area contributed by atoms with Gasteiger partial charge in [0.05, 0.1) is 19.8 Å². The molecule has 0 aliphatic carbocycles. The zero-order valence-electron chi connectivity index (χ0n) is 8.62. The van der Waals surface area contributed by atoms with Crippen LogP contribution in [0.25, 0.3) is 0 Å². The van der Waals surface area contributed by atoms with E-state index in [0.29, 0.717) is 19.8 Å². The third kappa shape index (κ3) is 2.25. The Morgan fingerprint density at radius 1 is 1.27 bits per heavy atom. The zero-order chi connectivity index (χ0) is 10.9. The van der Waals surface area contributed by atoms with E-state index in [-0.39, 0.29) is 6.23 Å². The summed E-state index contributed by atoms with van der Waals surface area (Å²) in [5.74, 6) is 0. The summed E-state index contributed by atoms with van der Waals surface area (Å²) in [5.41, 5.74) is -0.688. The molecule has 0 radical (unpaired) electrons. The molecule has 0 aromatic carbocycles. The summed E-state index contributed by atoms with van der Waals surface area (Å²) < 4.78 is 16.5. The molecular weight excluding hydrogens is 241 g/mol. The van der Waals surface area contributed by atoms with E-state index < -0.39 is 10.6 Å². The Hall–Kier alpha value is 0.420. The van der Waals surface area contributed by atoms with Gasteiger partial charge in [-0.05, 0) is 13.5 Å². The zero-order valence-corrected chi connectivity index (χ0v) is 10.1. The Morgan fingerprint density at radius 2 is 2.07 bits per heavy atom. The van der Waals surface area contributed by atoms with Crippen molar-refractivity contribution < 1.29 is 14.2 Å². The van der Waals surface area contributed by atoms with E-state index in [1.54, 1.807) is 0 Å². The van der Waals surface area contributed by atoms with Gasteiger partial charge in [-0.1, -0.05) is 23.2 Å². The molecule has 3 unspecified atom stereocenters. The molecule has 0 aromatic rings. The van der Waals surface area contributed by atoms with Crippen molar-refractivity contribution in [2.75, 3.05) is 33.4 Å². The summed E-state index contributed by atoms with van der Waals surface area (Å²) in [7, 11) is 1.93. The van der Waals surface area contributed by atoms with Crippen molar-refractivity contribution in [2.45, 2.75) is 23.3 Å². The maximum absolute atomic E-state index is 6.39. The maximum Gasteiger partial charge on any atom is 0.221 e. The highest BCUT2D eigenvalue weighted by Gasteiger charge is 2.51. The van der Waals surface area contributed by atoms with Crippen molar-refractivity contribution in [3.63, 3.8) is 0 Å². The Morgan fingerprint density at radius 3 is 2.73 bits per heavy atom. The van der Waals surface area contributed by atoms with Crippen LogP contribution in [0, 0.1) is 0 Å². The first kappa shape index (κ1) is 11.9. The van der Waals surface area contributed by atoms with Crippen molar-refractivity contribution in [3.8, 4) is 0 Å². The van der Waals surface area contributed by atoms with Crippen molar-refractivity contribution in [3.05, 3.63) is 0 Å². The first-order valence-electron chi connectivity index (χ1n) is 5.05. The standard InChI is InChI=1S/C9H15Cl2NO3/c1-12-3-6-14-8(12)9(11)7(10)13-4-2-5-15-9/h7-8H,2-6H2,1H3. The van der Waals surface area contributed by atoms with E-state index in [0.717, 1.165) is 13.0 Å². The molecule has 0 aromatic heterocycles. The van der Waals surface area contributed by atoms with E-state index in [4.69, 9.17) is 37.4 Å². The van der Waals surface area contributed by atoms with Crippen LogP contribution < -0.4 is 0 Å². The van der Waals surface area contributed by atoms with Crippen molar-refractivity contribution in [2.24, 2.45) is 0 Å². The van der Waals surface area contributed by atoms with E-state index in [9.17, 15) is 0 Å². The molecule has 0 N–H and O–H groups in total. The fourth-order valence-corrected chi connectivity index (χ4v) is 2.43. The first-order chi connectivity index (χ1) is 7.14. The number of ether oxygens (including phenoxy) is 3. The summed E-state index contributed by atoms with van der Waals surface area (Å²) >= 11 is 12.5. The molecule has 4 nitrogen and oxygen atoms in total. The molecule has 0 saturated carbocycles. The predicted octanol–water partition coefficient (Wildman–Crippen LogP) is 1.21. The molecule has 2 saturated heterocycles. The van der Waals surface area contributed by atoms with Crippen LogP contribution in [-0.2, 0) is 14.2 Å². The molecule has 0 spiro atoms. The Balaban J connectivity index is 2.13. The second-order valence-electron chi connectivity index (χ2n) is 3.79. The van der Waals surface area contributed by atoms with Gasteiger partial charge in [-0.15, -0.1) is 0 Å². The average molecular weight is 256 g/mol. The molecule has 3 atom stereocenters. The molecule has 0 bridgehead atoms. The SMILES string of the molecule is CN1CCOC1C1(Cl)OCCCOC1Cl. The lowest BCUT2D eigenvalue weighted by atomic mass is 10.3. The normalized spacial score (nSPS) is 44.2. The maximum atomic E-state index is 6.39. The van der Waals surface area contributed by atoms with Crippen LogP contribution >= 0.6 is 23.2 Å². The number of alkyl halides is 2. The lowest BCUT2D eigenvalue weighted by Gasteiger charge is -2.36. The third-order valence-corrected chi connectivity index (χ3v) is 3.70. The molecule has 88 valence electrons. The van der Waals surface area contributed by atoms with Crippen LogP contribution in [0.5, 0.6) is 0 Å². The topological polar surface area (TPSA) is 30.9 Å². The highest BCUT2D eigenvalue weighted by molar-refractivity contribution is 6.31. The Labute approximate surface area is 99.4 Å². The fourth-order valence-electron chi connectivity index (χ4n) is 1.80. The minimum absolute atomic E-state index is 0.347. The van der Waals surface area contributed by atoms with Gasteiger partial charge in [0, 0.05) is 6.54 Å². The van der Waals surface area contributed by atoms with Gasteiger partial charge in [0.25, 0.3) is 0 Å². The van der Waals surface area contributed by atoms with Crippen LogP contribution in [-0.4, -0.2) is 55.2 Å². The average Bonchev–Trinajstić information content (AvgIpc) is 2.56. The Kier molecular flexibility index (Phi) is 3.75. The van der Waals surface area contributed by atoms with E-state index >= 15 is 0 Å². The van der Waals surface area contributed by atoms with E-state index in [1.807, 2.05) is 11.9 Å². The van der Waals surface area contributed by atoms with Gasteiger partial charge < -0.3 is 14.2 Å². The Bertz CT molecular complexity index is 231. The molecular formula is C9H15Cl2NO3. The number of rotatable bonds is 1. The highest BCUT2D eigenvalue weighted by atomic mass is 35.5. The number of hydrogen-bond acceptors (Lipinski definition) is 4. The van der Waals surface area contributed by atoms with Crippen molar-refractivity contribution in [1.29, 1.82) is 0 Å². The molecule has 6 heteroatoms. The smallest absolute Gasteiger partial charge is 0.221 e. The molecule has 15 heavy (non-hydrogen) atoms. The summed E-state index contributed by atoms with van der Waals surface area (Å²) in [6.45, 7) is 2.58. The van der Waals surface area contributed by atoms with Gasteiger partial charge in [0.1, 0.15) is 0 Å². The lowest BCUT2D eigenvalue weighted by molar-refractivity contribution is -0.139. The summed E-state index contributed by atoms with van der Waals surface area (Å²) in [6.07, 6.45) is 0.452. The van der Waals surface area contributed by atoms with Crippen molar-refractivity contribution >= 4 is 23.2 Å². The first-order valence-corrected chi connectivity index (χ1v) is 5.86. The highest BCUT2D eigenvalue weighted by Crippen LogP contribution is 2.37. The van der Waals surface area contributed by atoms with Gasteiger partial charge in [-0.2, -0.15) is 0 Å². The van der Waals surface area contributed by atoms with Crippen LogP contribution in [0.4, 0.5) is 0 Å². The second-order valence-corrected chi connectivity index (χ2v) is 4.78.